The number of aromatic nitrogens is 1. The highest BCUT2D eigenvalue weighted by Crippen LogP contribution is 2.35. The minimum Gasteiger partial charge on any atom is -0.438 e. The summed E-state index contributed by atoms with van der Waals surface area (Å²) >= 11 is 4.60. The molecule has 3 aromatic carbocycles. The topological polar surface area (TPSA) is 50.8 Å². The number of benzene rings is 3. The second-order valence-corrected chi connectivity index (χ2v) is 11.4. The van der Waals surface area contributed by atoms with E-state index in [1.807, 2.05) is 36.4 Å². The first kappa shape index (κ1) is 22.5. The Bertz CT molecular complexity index is 1290. The molecule has 0 aliphatic heterocycles. The monoisotopic (exact) mass is 657 g/mol. The third kappa shape index (κ3) is 4.55. The smallest absolute Gasteiger partial charge is 0.201 e. The van der Waals surface area contributed by atoms with Gasteiger partial charge in [-0.2, -0.15) is 0 Å². The third-order valence-corrected chi connectivity index (χ3v) is 6.72. The van der Waals surface area contributed by atoms with Gasteiger partial charge in [0.1, 0.15) is 17.1 Å². The number of oxazole rings is 1. The molecule has 0 fully saturated rings. The summed E-state index contributed by atoms with van der Waals surface area (Å²) in [4.78, 5) is 15.0. The lowest BCUT2D eigenvalue weighted by Gasteiger charge is -2.18. The van der Waals surface area contributed by atoms with E-state index < -0.39 is 0 Å². The van der Waals surface area contributed by atoms with Crippen LogP contribution in [-0.4, -0.2) is 16.4 Å². The molecule has 0 unspecified atom stereocenters. The van der Waals surface area contributed by atoms with Gasteiger partial charge in [0.05, 0.1) is 11.4 Å². The van der Waals surface area contributed by atoms with Gasteiger partial charge >= 0.3 is 0 Å². The van der Waals surface area contributed by atoms with E-state index in [1.54, 1.807) is 0 Å². The van der Waals surface area contributed by atoms with Crippen LogP contribution in [0.25, 0.3) is 0 Å². The van der Waals surface area contributed by atoms with E-state index in [4.69, 9.17) is 19.4 Å². The SMILES string of the molecule is CC(C)(C)c1nc2c(o1)C(=Nc1ccc(I)cc1)c1ccccc1C2=Nc1ccc(I)cc1. The van der Waals surface area contributed by atoms with Crippen molar-refractivity contribution in [1.29, 1.82) is 0 Å². The van der Waals surface area contributed by atoms with Crippen LogP contribution >= 0.6 is 45.2 Å². The van der Waals surface area contributed by atoms with Crippen molar-refractivity contribution < 1.29 is 4.42 Å². The molecule has 0 amide bonds. The van der Waals surface area contributed by atoms with Crippen molar-refractivity contribution in [2.24, 2.45) is 9.98 Å². The van der Waals surface area contributed by atoms with E-state index >= 15 is 0 Å². The van der Waals surface area contributed by atoms with Gasteiger partial charge in [0.15, 0.2) is 5.76 Å². The lowest BCUT2D eigenvalue weighted by molar-refractivity contribution is 0.389. The summed E-state index contributed by atoms with van der Waals surface area (Å²) in [6.45, 7) is 6.30. The highest BCUT2D eigenvalue weighted by Gasteiger charge is 2.34. The highest BCUT2D eigenvalue weighted by atomic mass is 127. The highest BCUT2D eigenvalue weighted by molar-refractivity contribution is 14.1. The molecule has 0 N–H and O–H groups in total. The van der Waals surface area contributed by atoms with Crippen molar-refractivity contribution in [3.05, 3.63) is 108 Å². The van der Waals surface area contributed by atoms with E-state index in [1.165, 1.54) is 7.14 Å². The number of fused-ring (bicyclic) bond motifs is 2. The predicted octanol–water partition coefficient (Wildman–Crippen LogP) is 7.83. The van der Waals surface area contributed by atoms with Crippen molar-refractivity contribution >= 4 is 68.0 Å². The van der Waals surface area contributed by atoms with Crippen molar-refractivity contribution in [2.75, 3.05) is 0 Å². The maximum absolute atomic E-state index is 6.40. The second-order valence-electron chi connectivity index (χ2n) is 8.87. The van der Waals surface area contributed by atoms with Crippen molar-refractivity contribution in [1.82, 2.24) is 4.98 Å². The fourth-order valence-corrected chi connectivity index (χ4v) is 4.34. The van der Waals surface area contributed by atoms with Crippen LogP contribution in [0.3, 0.4) is 0 Å². The molecule has 4 aromatic rings. The standard InChI is InChI=1S/C27H21I2N3O/c1-27(2,3)26-32-24-22(30-18-12-8-16(28)9-13-18)20-6-4-5-7-21(20)23(25(24)33-26)31-19-14-10-17(29)11-15-19/h4-15H,1-3H3. The molecular formula is C27H21I2N3O. The lowest BCUT2D eigenvalue weighted by atomic mass is 9.89. The fraction of sp³-hybridized carbons (Fsp3) is 0.148. The summed E-state index contributed by atoms with van der Waals surface area (Å²) < 4.78 is 8.74. The minimum atomic E-state index is -0.245. The molecule has 164 valence electrons. The number of halogens is 2. The molecule has 1 aromatic heterocycles. The Hall–Kier alpha value is -2.33. The summed E-state index contributed by atoms with van der Waals surface area (Å²) in [6.07, 6.45) is 0. The molecule has 5 rings (SSSR count). The van der Waals surface area contributed by atoms with Gasteiger partial charge in [0.25, 0.3) is 0 Å². The molecular weight excluding hydrogens is 636 g/mol. The molecule has 6 heteroatoms. The molecule has 1 aliphatic rings. The molecule has 33 heavy (non-hydrogen) atoms. The van der Waals surface area contributed by atoms with E-state index in [0.717, 1.165) is 39.6 Å². The number of hydrogen-bond donors (Lipinski definition) is 0. The molecule has 4 nitrogen and oxygen atoms in total. The first-order valence-electron chi connectivity index (χ1n) is 10.6. The summed E-state index contributed by atoms with van der Waals surface area (Å²) in [6, 6.07) is 24.5. The average Bonchev–Trinajstić information content (AvgIpc) is 3.25. The maximum Gasteiger partial charge on any atom is 0.201 e. The molecule has 0 spiro atoms. The number of rotatable bonds is 2. The summed E-state index contributed by atoms with van der Waals surface area (Å²) in [5.41, 5.74) is 5.83. The lowest BCUT2D eigenvalue weighted by Crippen LogP contribution is -2.21. The van der Waals surface area contributed by atoms with Crippen LogP contribution < -0.4 is 0 Å². The van der Waals surface area contributed by atoms with E-state index in [2.05, 4.69) is 102 Å². The van der Waals surface area contributed by atoms with E-state index in [9.17, 15) is 0 Å². The third-order valence-electron chi connectivity index (χ3n) is 5.28. The second kappa shape index (κ2) is 8.79. The Morgan fingerprint density at radius 2 is 1.18 bits per heavy atom. The Kier molecular flexibility index (Phi) is 5.98. The van der Waals surface area contributed by atoms with Crippen LogP contribution in [0.15, 0.2) is 87.2 Å². The van der Waals surface area contributed by atoms with E-state index in [0.29, 0.717) is 11.7 Å². The van der Waals surface area contributed by atoms with Gasteiger partial charge < -0.3 is 4.42 Å². The first-order valence-corrected chi connectivity index (χ1v) is 12.8. The van der Waals surface area contributed by atoms with Crippen LogP contribution in [0.2, 0.25) is 0 Å². The first-order chi connectivity index (χ1) is 15.8. The Labute approximate surface area is 220 Å². The van der Waals surface area contributed by atoms with Crippen LogP contribution in [0.5, 0.6) is 0 Å². The molecule has 0 bridgehead atoms. The van der Waals surface area contributed by atoms with Crippen molar-refractivity contribution in [3.63, 3.8) is 0 Å². The number of hydrogen-bond acceptors (Lipinski definition) is 4. The van der Waals surface area contributed by atoms with Gasteiger partial charge in [0.2, 0.25) is 5.89 Å². The van der Waals surface area contributed by atoms with E-state index in [-0.39, 0.29) is 5.41 Å². The summed E-state index contributed by atoms with van der Waals surface area (Å²) in [7, 11) is 0. The van der Waals surface area contributed by atoms with Gasteiger partial charge in [-0.05, 0) is 93.7 Å². The normalized spacial score (nSPS) is 15.5. The zero-order chi connectivity index (χ0) is 23.2. The van der Waals surface area contributed by atoms with Crippen LogP contribution in [-0.2, 0) is 5.41 Å². The van der Waals surface area contributed by atoms with Crippen molar-refractivity contribution in [2.45, 2.75) is 26.2 Å². The van der Waals surface area contributed by atoms with Gasteiger partial charge in [-0.1, -0.05) is 45.0 Å². The molecule has 1 aliphatic carbocycles. The Morgan fingerprint density at radius 3 is 1.70 bits per heavy atom. The predicted molar refractivity (Wildman–Crippen MR) is 151 cm³/mol. The van der Waals surface area contributed by atoms with Crippen LogP contribution in [0, 0.1) is 7.14 Å². The summed E-state index contributed by atoms with van der Waals surface area (Å²) in [5.74, 6) is 1.34. The average molecular weight is 657 g/mol. The van der Waals surface area contributed by atoms with Crippen LogP contribution in [0.4, 0.5) is 11.4 Å². The number of nitrogens with zero attached hydrogens (tertiary/aromatic N) is 3. The zero-order valence-corrected chi connectivity index (χ0v) is 22.7. The number of aliphatic imine (C=N–C) groups is 2. The van der Waals surface area contributed by atoms with Crippen molar-refractivity contribution in [3.8, 4) is 0 Å². The molecule has 0 saturated carbocycles. The van der Waals surface area contributed by atoms with Crippen LogP contribution in [0.1, 0.15) is 49.2 Å². The largest absolute Gasteiger partial charge is 0.438 e. The fourth-order valence-electron chi connectivity index (χ4n) is 3.62. The van der Waals surface area contributed by atoms with Gasteiger partial charge in [-0.25, -0.2) is 15.0 Å². The molecule has 0 saturated heterocycles. The maximum atomic E-state index is 6.40. The molecule has 1 heterocycles. The summed E-state index contributed by atoms with van der Waals surface area (Å²) in [5, 5.41) is 0. The van der Waals surface area contributed by atoms with Gasteiger partial charge in [-0.3, -0.25) is 0 Å². The molecule has 0 atom stereocenters. The zero-order valence-electron chi connectivity index (χ0n) is 18.4. The Morgan fingerprint density at radius 1 is 0.697 bits per heavy atom. The van der Waals surface area contributed by atoms with Gasteiger partial charge in [-0.15, -0.1) is 0 Å². The Balaban J connectivity index is 1.77. The quantitative estimate of drug-likeness (QED) is 0.182. The van der Waals surface area contributed by atoms with Gasteiger partial charge in [0, 0.05) is 23.7 Å². The minimum absolute atomic E-state index is 0.245. The molecule has 0 radical (unpaired) electrons.